The molecule has 17 heavy (non-hydrogen) atoms. The maximum atomic E-state index is 10.9. The van der Waals surface area contributed by atoms with E-state index in [-0.39, 0.29) is 11.8 Å². The van der Waals surface area contributed by atoms with E-state index in [1.54, 1.807) is 7.11 Å². The van der Waals surface area contributed by atoms with Gasteiger partial charge in [0, 0.05) is 5.41 Å². The van der Waals surface area contributed by atoms with Crippen LogP contribution in [0.2, 0.25) is 0 Å². The predicted octanol–water partition coefficient (Wildman–Crippen LogP) is 2.82. The molecule has 0 bridgehead atoms. The van der Waals surface area contributed by atoms with Crippen LogP contribution in [0.3, 0.4) is 0 Å². The van der Waals surface area contributed by atoms with E-state index in [1.807, 2.05) is 26.0 Å². The molecule has 0 amide bonds. The molecule has 3 heteroatoms. The maximum Gasteiger partial charge on any atom is 0.304 e. The van der Waals surface area contributed by atoms with Crippen molar-refractivity contribution in [2.45, 2.75) is 38.5 Å². The van der Waals surface area contributed by atoms with E-state index < -0.39 is 5.97 Å². The molecule has 1 aromatic carbocycles. The third-order valence-electron chi connectivity index (χ3n) is 3.62. The third-order valence-corrected chi connectivity index (χ3v) is 3.62. The smallest absolute Gasteiger partial charge is 0.304 e. The molecule has 0 saturated heterocycles. The lowest BCUT2D eigenvalue weighted by atomic mass is 9.85. The summed E-state index contributed by atoms with van der Waals surface area (Å²) in [5, 5.41) is 9.01. The van der Waals surface area contributed by atoms with Crippen molar-refractivity contribution in [1.29, 1.82) is 0 Å². The van der Waals surface area contributed by atoms with Gasteiger partial charge in [0.05, 0.1) is 13.5 Å². The fraction of sp³-hybridized carbons (Fsp3) is 0.500. The molecule has 92 valence electrons. The molecule has 0 heterocycles. The molecule has 0 unspecified atom stereocenters. The highest BCUT2D eigenvalue weighted by Crippen LogP contribution is 2.53. The summed E-state index contributed by atoms with van der Waals surface area (Å²) in [6, 6.07) is 3.98. The summed E-state index contributed by atoms with van der Waals surface area (Å²) in [4.78, 5) is 10.9. The Kier molecular flexibility index (Phi) is 2.86. The second kappa shape index (κ2) is 4.06. The van der Waals surface area contributed by atoms with E-state index in [4.69, 9.17) is 9.84 Å². The molecule has 1 fully saturated rings. The molecule has 0 atom stereocenters. The van der Waals surface area contributed by atoms with Crippen molar-refractivity contribution < 1.29 is 14.6 Å². The van der Waals surface area contributed by atoms with Crippen molar-refractivity contribution in [3.63, 3.8) is 0 Å². The van der Waals surface area contributed by atoms with Crippen LogP contribution in [0.15, 0.2) is 12.1 Å². The average molecular weight is 234 g/mol. The number of aryl methyl sites for hydroxylation is 2. The lowest BCUT2D eigenvalue weighted by molar-refractivity contribution is -0.137. The summed E-state index contributed by atoms with van der Waals surface area (Å²) in [7, 11) is 1.65. The Morgan fingerprint density at radius 1 is 1.35 bits per heavy atom. The molecule has 0 radical (unpaired) electrons. The Bertz CT molecular complexity index is 436. The number of methoxy groups -OCH3 is 1. The Morgan fingerprint density at radius 2 is 1.88 bits per heavy atom. The Hall–Kier alpha value is -1.51. The highest BCUT2D eigenvalue weighted by atomic mass is 16.5. The van der Waals surface area contributed by atoms with Crippen LogP contribution in [0.5, 0.6) is 5.75 Å². The molecule has 1 saturated carbocycles. The van der Waals surface area contributed by atoms with Gasteiger partial charge >= 0.3 is 5.97 Å². The Morgan fingerprint density at radius 3 is 2.24 bits per heavy atom. The fourth-order valence-electron chi connectivity index (χ4n) is 2.83. The first-order valence-electron chi connectivity index (χ1n) is 5.86. The van der Waals surface area contributed by atoms with E-state index in [2.05, 4.69) is 0 Å². The number of carboxylic acid groups (broad SMARTS) is 1. The summed E-state index contributed by atoms with van der Waals surface area (Å²) < 4.78 is 5.23. The van der Waals surface area contributed by atoms with Gasteiger partial charge < -0.3 is 9.84 Å². The van der Waals surface area contributed by atoms with Crippen LogP contribution < -0.4 is 4.74 Å². The Balaban J connectivity index is 2.42. The van der Waals surface area contributed by atoms with Crippen molar-refractivity contribution >= 4 is 5.97 Å². The molecular weight excluding hydrogens is 216 g/mol. The SMILES string of the molecule is COc1cc(C)c(C2(CC(=O)O)CC2)c(C)c1. The molecule has 0 spiro atoms. The highest BCUT2D eigenvalue weighted by Gasteiger charge is 2.47. The van der Waals surface area contributed by atoms with Crippen molar-refractivity contribution in [3.05, 3.63) is 28.8 Å². The predicted molar refractivity (Wildman–Crippen MR) is 65.6 cm³/mol. The van der Waals surface area contributed by atoms with Crippen LogP contribution in [0.4, 0.5) is 0 Å². The summed E-state index contributed by atoms with van der Waals surface area (Å²) >= 11 is 0. The third kappa shape index (κ3) is 2.14. The van der Waals surface area contributed by atoms with E-state index >= 15 is 0 Å². The minimum Gasteiger partial charge on any atom is -0.497 e. The molecule has 1 N–H and O–H groups in total. The lowest BCUT2D eigenvalue weighted by Crippen LogP contribution is -2.16. The molecule has 1 aliphatic rings. The van der Waals surface area contributed by atoms with Crippen LogP contribution >= 0.6 is 0 Å². The zero-order valence-corrected chi connectivity index (χ0v) is 10.5. The van der Waals surface area contributed by atoms with E-state index in [1.165, 1.54) is 5.56 Å². The number of ether oxygens (including phenoxy) is 1. The Labute approximate surface area is 101 Å². The molecule has 2 rings (SSSR count). The zero-order valence-electron chi connectivity index (χ0n) is 10.5. The van der Waals surface area contributed by atoms with Crippen LogP contribution in [-0.2, 0) is 10.2 Å². The van der Waals surface area contributed by atoms with E-state index in [0.717, 1.165) is 29.7 Å². The summed E-state index contributed by atoms with van der Waals surface area (Å²) in [6.45, 7) is 4.07. The summed E-state index contributed by atoms with van der Waals surface area (Å²) in [5.41, 5.74) is 3.37. The normalized spacial score (nSPS) is 16.6. The number of aliphatic carboxylic acids is 1. The number of benzene rings is 1. The van der Waals surface area contributed by atoms with Gasteiger partial charge in [-0.3, -0.25) is 4.79 Å². The standard InChI is InChI=1S/C14H18O3/c1-9-6-11(17-3)7-10(2)13(9)14(4-5-14)8-12(15)16/h6-7H,4-5,8H2,1-3H3,(H,15,16). The molecule has 1 aliphatic carbocycles. The second-order valence-electron chi connectivity index (χ2n) is 4.99. The topological polar surface area (TPSA) is 46.5 Å². The van der Waals surface area contributed by atoms with Gasteiger partial charge in [0.25, 0.3) is 0 Å². The van der Waals surface area contributed by atoms with Gasteiger partial charge in [0.15, 0.2) is 0 Å². The highest BCUT2D eigenvalue weighted by molar-refractivity contribution is 5.70. The molecular formula is C14H18O3. The first-order valence-corrected chi connectivity index (χ1v) is 5.86. The maximum absolute atomic E-state index is 10.9. The fourth-order valence-corrected chi connectivity index (χ4v) is 2.83. The van der Waals surface area contributed by atoms with Crippen molar-refractivity contribution in [1.82, 2.24) is 0 Å². The molecule has 3 nitrogen and oxygen atoms in total. The van der Waals surface area contributed by atoms with Gasteiger partial charge in [-0.2, -0.15) is 0 Å². The quantitative estimate of drug-likeness (QED) is 0.871. The first kappa shape index (κ1) is 12.0. The number of carbonyl (C=O) groups is 1. The molecule has 1 aromatic rings. The second-order valence-corrected chi connectivity index (χ2v) is 4.99. The minimum atomic E-state index is -0.711. The summed E-state index contributed by atoms with van der Waals surface area (Å²) in [6.07, 6.45) is 2.20. The van der Waals surface area contributed by atoms with Crippen LogP contribution in [0.25, 0.3) is 0 Å². The van der Waals surface area contributed by atoms with Gasteiger partial charge in [-0.15, -0.1) is 0 Å². The average Bonchev–Trinajstić information content (AvgIpc) is 2.96. The van der Waals surface area contributed by atoms with Crippen LogP contribution in [0.1, 0.15) is 36.0 Å². The molecule has 0 aliphatic heterocycles. The van der Waals surface area contributed by atoms with Gasteiger partial charge in [-0.05, 0) is 55.5 Å². The van der Waals surface area contributed by atoms with E-state index in [0.29, 0.717) is 0 Å². The van der Waals surface area contributed by atoms with Gasteiger partial charge in [-0.25, -0.2) is 0 Å². The lowest BCUT2D eigenvalue weighted by Gasteiger charge is -2.20. The van der Waals surface area contributed by atoms with Crippen molar-refractivity contribution in [2.75, 3.05) is 7.11 Å². The van der Waals surface area contributed by atoms with Gasteiger partial charge in [-0.1, -0.05) is 0 Å². The number of rotatable bonds is 4. The van der Waals surface area contributed by atoms with Crippen LogP contribution in [0, 0.1) is 13.8 Å². The number of hydrogen-bond acceptors (Lipinski definition) is 2. The van der Waals surface area contributed by atoms with Gasteiger partial charge in [0.1, 0.15) is 5.75 Å². The van der Waals surface area contributed by atoms with Crippen LogP contribution in [-0.4, -0.2) is 18.2 Å². The minimum absolute atomic E-state index is 0.119. The van der Waals surface area contributed by atoms with Crippen molar-refractivity contribution in [3.8, 4) is 5.75 Å². The zero-order chi connectivity index (χ0) is 12.6. The summed E-state index contributed by atoms with van der Waals surface area (Å²) in [5.74, 6) is 0.131. The first-order chi connectivity index (χ1) is 7.98. The largest absolute Gasteiger partial charge is 0.497 e. The van der Waals surface area contributed by atoms with Crippen molar-refractivity contribution in [2.24, 2.45) is 0 Å². The number of hydrogen-bond donors (Lipinski definition) is 1. The monoisotopic (exact) mass is 234 g/mol. The molecule has 0 aromatic heterocycles. The van der Waals surface area contributed by atoms with E-state index in [9.17, 15) is 4.79 Å². The number of carboxylic acids is 1. The van der Waals surface area contributed by atoms with Gasteiger partial charge in [0.2, 0.25) is 0 Å².